The number of carbonyl (C=O) groups is 1. The van der Waals surface area contributed by atoms with Gasteiger partial charge in [-0.25, -0.2) is 0 Å². The van der Waals surface area contributed by atoms with Crippen molar-refractivity contribution in [2.75, 3.05) is 13.1 Å². The first-order chi connectivity index (χ1) is 12.1. The Morgan fingerprint density at radius 2 is 2.04 bits per heavy atom. The molecule has 2 saturated heterocycles. The van der Waals surface area contributed by atoms with E-state index >= 15 is 0 Å². The molecule has 0 spiro atoms. The van der Waals surface area contributed by atoms with E-state index in [1.807, 2.05) is 11.9 Å². The van der Waals surface area contributed by atoms with Gasteiger partial charge in [-0.15, -0.1) is 0 Å². The molecule has 3 unspecified atom stereocenters. The lowest BCUT2D eigenvalue weighted by Gasteiger charge is -2.19. The van der Waals surface area contributed by atoms with Crippen molar-refractivity contribution in [1.82, 2.24) is 25.5 Å². The van der Waals surface area contributed by atoms with Crippen molar-refractivity contribution >= 4 is 5.91 Å². The second-order valence-corrected chi connectivity index (χ2v) is 7.30. The number of nitrogens with zero attached hydrogens (tertiary/aromatic N) is 3. The van der Waals surface area contributed by atoms with Crippen LogP contribution in [0.15, 0.2) is 36.7 Å². The van der Waals surface area contributed by atoms with E-state index in [1.165, 1.54) is 11.1 Å². The van der Waals surface area contributed by atoms with E-state index in [-0.39, 0.29) is 5.91 Å². The Kier molecular flexibility index (Phi) is 4.31. The highest BCUT2D eigenvalue weighted by Crippen LogP contribution is 2.30. The van der Waals surface area contributed by atoms with Gasteiger partial charge in [0.1, 0.15) is 0 Å². The minimum atomic E-state index is 0.0941. The van der Waals surface area contributed by atoms with Gasteiger partial charge in [0.25, 0.3) is 5.91 Å². The van der Waals surface area contributed by atoms with Gasteiger partial charge in [0.2, 0.25) is 0 Å². The zero-order valence-corrected chi connectivity index (χ0v) is 14.8. The minimum absolute atomic E-state index is 0.0941. The van der Waals surface area contributed by atoms with Crippen LogP contribution in [0.2, 0.25) is 0 Å². The van der Waals surface area contributed by atoms with Crippen LogP contribution in [0.25, 0.3) is 0 Å². The molecule has 25 heavy (non-hydrogen) atoms. The molecule has 1 amide bonds. The van der Waals surface area contributed by atoms with Gasteiger partial charge >= 0.3 is 0 Å². The van der Waals surface area contributed by atoms with Gasteiger partial charge in [0, 0.05) is 38.4 Å². The molecule has 2 aromatic rings. The number of aromatic nitrogens is 2. The van der Waals surface area contributed by atoms with Crippen LogP contribution in [0.3, 0.4) is 0 Å². The van der Waals surface area contributed by atoms with E-state index in [4.69, 9.17) is 0 Å². The van der Waals surface area contributed by atoms with Crippen LogP contribution < -0.4 is 10.9 Å². The summed E-state index contributed by atoms with van der Waals surface area (Å²) in [7, 11) is 1.84. The Morgan fingerprint density at radius 1 is 1.24 bits per heavy atom. The normalized spacial score (nSPS) is 26.3. The third kappa shape index (κ3) is 3.32. The third-order valence-corrected chi connectivity index (χ3v) is 5.45. The molecule has 2 fully saturated rings. The molecule has 0 radical (unpaired) electrons. The van der Waals surface area contributed by atoms with E-state index in [0.717, 1.165) is 25.9 Å². The van der Waals surface area contributed by atoms with Crippen molar-refractivity contribution in [3.8, 4) is 0 Å². The quantitative estimate of drug-likeness (QED) is 0.895. The fourth-order valence-corrected chi connectivity index (χ4v) is 3.92. The van der Waals surface area contributed by atoms with Crippen LogP contribution in [0.5, 0.6) is 0 Å². The predicted molar refractivity (Wildman–Crippen MR) is 95.8 cm³/mol. The van der Waals surface area contributed by atoms with Crippen molar-refractivity contribution in [3.63, 3.8) is 0 Å². The van der Waals surface area contributed by atoms with E-state index in [0.29, 0.717) is 23.6 Å². The van der Waals surface area contributed by atoms with Crippen molar-refractivity contribution in [2.45, 2.75) is 31.8 Å². The molecular formula is C19H25N5O. The van der Waals surface area contributed by atoms with Crippen molar-refractivity contribution in [1.29, 1.82) is 0 Å². The Labute approximate surface area is 148 Å². The summed E-state index contributed by atoms with van der Waals surface area (Å²) in [5.41, 5.74) is 10.2. The number of hydrazine groups is 1. The van der Waals surface area contributed by atoms with Gasteiger partial charge in [0.05, 0.1) is 11.8 Å². The first kappa shape index (κ1) is 16.3. The van der Waals surface area contributed by atoms with Crippen LogP contribution in [-0.2, 0) is 7.05 Å². The highest BCUT2D eigenvalue weighted by molar-refractivity contribution is 5.93. The standard InChI is InChI=1S/C19H25N5O/c1-13-3-5-14(6-4-13)17-9-18(22-21-17)15-7-8-24(12-15)19(25)16-10-20-23(2)11-16/h3-6,10-11,15,17-18,21-22H,7-9,12H2,1-2H3. The minimum Gasteiger partial charge on any atom is -0.338 e. The monoisotopic (exact) mass is 339 g/mol. The fraction of sp³-hybridized carbons (Fsp3) is 0.474. The lowest BCUT2D eigenvalue weighted by atomic mass is 9.92. The smallest absolute Gasteiger partial charge is 0.257 e. The summed E-state index contributed by atoms with van der Waals surface area (Å²) in [6.45, 7) is 3.75. The van der Waals surface area contributed by atoms with Crippen LogP contribution >= 0.6 is 0 Å². The molecule has 2 aliphatic heterocycles. The molecule has 3 heterocycles. The number of hydrogen-bond donors (Lipinski definition) is 2. The van der Waals surface area contributed by atoms with Gasteiger partial charge in [0.15, 0.2) is 0 Å². The number of rotatable bonds is 3. The van der Waals surface area contributed by atoms with Crippen LogP contribution in [0, 0.1) is 12.8 Å². The number of aryl methyl sites for hydroxylation is 2. The van der Waals surface area contributed by atoms with Gasteiger partial charge < -0.3 is 4.90 Å². The maximum absolute atomic E-state index is 12.6. The third-order valence-electron chi connectivity index (χ3n) is 5.45. The zero-order chi connectivity index (χ0) is 17.4. The van der Waals surface area contributed by atoms with Crippen LogP contribution in [0.4, 0.5) is 0 Å². The van der Waals surface area contributed by atoms with E-state index < -0.39 is 0 Å². The summed E-state index contributed by atoms with van der Waals surface area (Å²) in [6, 6.07) is 9.46. The molecule has 0 saturated carbocycles. The van der Waals surface area contributed by atoms with Gasteiger partial charge in [-0.3, -0.25) is 20.3 Å². The Morgan fingerprint density at radius 3 is 2.76 bits per heavy atom. The Hall–Kier alpha value is -2.18. The van der Waals surface area contributed by atoms with Crippen molar-refractivity contribution in [2.24, 2.45) is 13.0 Å². The summed E-state index contributed by atoms with van der Waals surface area (Å²) >= 11 is 0. The summed E-state index contributed by atoms with van der Waals surface area (Å²) < 4.78 is 1.68. The molecule has 4 rings (SSSR count). The predicted octanol–water partition coefficient (Wildman–Crippen LogP) is 1.80. The molecular weight excluding hydrogens is 314 g/mol. The van der Waals surface area contributed by atoms with E-state index in [9.17, 15) is 4.79 Å². The summed E-state index contributed by atoms with van der Waals surface area (Å²) in [5, 5.41) is 4.10. The zero-order valence-electron chi connectivity index (χ0n) is 14.8. The Balaban J connectivity index is 1.36. The second-order valence-electron chi connectivity index (χ2n) is 7.30. The van der Waals surface area contributed by atoms with Crippen molar-refractivity contribution < 1.29 is 4.79 Å². The van der Waals surface area contributed by atoms with Gasteiger partial charge in [-0.05, 0) is 31.2 Å². The lowest BCUT2D eigenvalue weighted by Crippen LogP contribution is -2.38. The number of nitrogens with one attached hydrogen (secondary N) is 2. The molecule has 0 aliphatic carbocycles. The molecule has 0 bridgehead atoms. The highest BCUT2D eigenvalue weighted by Gasteiger charge is 2.36. The van der Waals surface area contributed by atoms with Crippen molar-refractivity contribution in [3.05, 3.63) is 53.3 Å². The van der Waals surface area contributed by atoms with Gasteiger partial charge in [-0.1, -0.05) is 29.8 Å². The van der Waals surface area contributed by atoms with E-state index in [1.54, 1.807) is 17.1 Å². The largest absolute Gasteiger partial charge is 0.338 e. The fourth-order valence-electron chi connectivity index (χ4n) is 3.92. The summed E-state index contributed by atoms with van der Waals surface area (Å²) in [4.78, 5) is 14.5. The average molecular weight is 339 g/mol. The summed E-state index contributed by atoms with van der Waals surface area (Å²) in [5.74, 6) is 0.584. The molecule has 6 nitrogen and oxygen atoms in total. The van der Waals surface area contributed by atoms with Crippen LogP contribution in [0.1, 0.15) is 40.4 Å². The molecule has 2 aliphatic rings. The first-order valence-electron chi connectivity index (χ1n) is 8.95. The molecule has 6 heteroatoms. The SMILES string of the molecule is Cc1ccc(C2CC(C3CCN(C(=O)c4cnn(C)c4)C3)NN2)cc1. The number of hydrogen-bond acceptors (Lipinski definition) is 4. The molecule has 1 aromatic heterocycles. The van der Waals surface area contributed by atoms with Gasteiger partial charge in [-0.2, -0.15) is 5.10 Å². The highest BCUT2D eigenvalue weighted by atomic mass is 16.2. The summed E-state index contributed by atoms with van der Waals surface area (Å²) in [6.07, 6.45) is 5.55. The maximum Gasteiger partial charge on any atom is 0.257 e. The average Bonchev–Trinajstić information content (AvgIpc) is 3.35. The Bertz CT molecular complexity index is 753. The first-order valence-corrected chi connectivity index (χ1v) is 8.95. The van der Waals surface area contributed by atoms with Crippen LogP contribution in [-0.4, -0.2) is 39.7 Å². The lowest BCUT2D eigenvalue weighted by molar-refractivity contribution is 0.0784. The number of benzene rings is 1. The number of likely N-dealkylation sites (tertiary alicyclic amines) is 1. The maximum atomic E-state index is 12.6. The number of carbonyl (C=O) groups excluding carboxylic acids is 1. The number of amides is 1. The topological polar surface area (TPSA) is 62.2 Å². The molecule has 1 aromatic carbocycles. The second kappa shape index (κ2) is 6.61. The molecule has 3 atom stereocenters. The molecule has 2 N–H and O–H groups in total. The van der Waals surface area contributed by atoms with E-state index in [2.05, 4.69) is 47.1 Å². The molecule has 132 valence electrons.